The molecule has 0 radical (unpaired) electrons. The summed E-state index contributed by atoms with van der Waals surface area (Å²) in [6.07, 6.45) is -0.391. The largest absolute Gasteiger partial charge is 0.494 e. The van der Waals surface area contributed by atoms with Crippen LogP contribution in [0.5, 0.6) is 28.7 Å². The lowest BCUT2D eigenvalue weighted by Crippen LogP contribution is -2.43. The molecule has 0 N–H and O–H groups in total. The highest BCUT2D eigenvalue weighted by atomic mass is 16.5. The van der Waals surface area contributed by atoms with Gasteiger partial charge >= 0.3 is 0 Å². The van der Waals surface area contributed by atoms with Crippen molar-refractivity contribution in [2.75, 3.05) is 27.4 Å². The molecule has 136 valence electrons. The molecule has 2 aliphatic heterocycles. The molecule has 0 saturated heterocycles. The van der Waals surface area contributed by atoms with Gasteiger partial charge in [0.1, 0.15) is 30.0 Å². The quantitative estimate of drug-likeness (QED) is 0.838. The molecule has 6 nitrogen and oxygen atoms in total. The molecule has 6 heteroatoms. The lowest BCUT2D eigenvalue weighted by molar-refractivity contribution is 0.0557. The van der Waals surface area contributed by atoms with Gasteiger partial charge in [-0.1, -0.05) is 0 Å². The van der Waals surface area contributed by atoms with E-state index in [4.69, 9.17) is 23.7 Å². The van der Waals surface area contributed by atoms with Crippen LogP contribution >= 0.6 is 0 Å². The number of ketones is 1. The van der Waals surface area contributed by atoms with Crippen LogP contribution in [0.25, 0.3) is 0 Å². The van der Waals surface area contributed by atoms with E-state index in [-0.39, 0.29) is 12.4 Å². The minimum Gasteiger partial charge on any atom is -0.494 e. The minimum absolute atomic E-state index is 0.0102. The molecule has 0 amide bonds. The molecule has 4 rings (SSSR count). The Kier molecular flexibility index (Phi) is 4.11. The summed E-state index contributed by atoms with van der Waals surface area (Å²) in [5, 5.41) is 0. The second-order valence-corrected chi connectivity index (χ2v) is 6.15. The topological polar surface area (TPSA) is 63.2 Å². The summed E-state index contributed by atoms with van der Waals surface area (Å²) >= 11 is 0. The van der Waals surface area contributed by atoms with Crippen molar-refractivity contribution in [1.29, 1.82) is 0 Å². The number of hydrogen-bond acceptors (Lipinski definition) is 6. The Morgan fingerprint density at radius 2 is 1.85 bits per heavy atom. The highest BCUT2D eigenvalue weighted by Crippen LogP contribution is 2.47. The zero-order valence-corrected chi connectivity index (χ0v) is 14.9. The molecular formula is C20H20O6. The number of rotatable bonds is 4. The van der Waals surface area contributed by atoms with E-state index in [1.54, 1.807) is 44.6 Å². The first kappa shape index (κ1) is 16.6. The summed E-state index contributed by atoms with van der Waals surface area (Å²) < 4.78 is 28.1. The maximum atomic E-state index is 13.2. The molecule has 0 unspecified atom stereocenters. The van der Waals surface area contributed by atoms with Gasteiger partial charge in [-0.2, -0.15) is 0 Å². The van der Waals surface area contributed by atoms with Gasteiger partial charge in [-0.05, 0) is 25.1 Å². The van der Waals surface area contributed by atoms with Gasteiger partial charge in [0.05, 0.1) is 32.3 Å². The van der Waals surface area contributed by atoms with Crippen LogP contribution in [-0.4, -0.2) is 39.3 Å². The zero-order valence-electron chi connectivity index (χ0n) is 14.9. The second kappa shape index (κ2) is 6.44. The smallest absolute Gasteiger partial charge is 0.178 e. The van der Waals surface area contributed by atoms with E-state index >= 15 is 0 Å². The minimum atomic E-state index is -0.441. The van der Waals surface area contributed by atoms with Crippen molar-refractivity contribution in [2.24, 2.45) is 0 Å². The predicted molar refractivity (Wildman–Crippen MR) is 94.1 cm³/mol. The Labute approximate surface area is 151 Å². The standard InChI is InChI=1S/C20H20O6/c1-4-24-11-5-6-12-15(7-11)26-18-10-25-14-9-17(23-3)16(22-2)8-13(14)19(18)20(12)21/h5-9,18-19H,4,10H2,1-3H3/t18-,19+/m1/s1. The number of benzene rings is 2. The van der Waals surface area contributed by atoms with Crippen molar-refractivity contribution in [3.8, 4) is 28.7 Å². The molecule has 2 aromatic carbocycles. The van der Waals surface area contributed by atoms with Crippen LogP contribution in [0, 0.1) is 0 Å². The average Bonchev–Trinajstić information content (AvgIpc) is 2.66. The lowest BCUT2D eigenvalue weighted by atomic mass is 9.82. The van der Waals surface area contributed by atoms with Gasteiger partial charge in [0.25, 0.3) is 0 Å². The van der Waals surface area contributed by atoms with Crippen LogP contribution in [0.1, 0.15) is 28.8 Å². The summed E-state index contributed by atoms with van der Waals surface area (Å²) in [6, 6.07) is 8.86. The van der Waals surface area contributed by atoms with E-state index in [2.05, 4.69) is 0 Å². The number of Topliss-reactive ketones (excluding diaryl/α,β-unsaturated/α-hetero) is 1. The summed E-state index contributed by atoms with van der Waals surface area (Å²) in [5.41, 5.74) is 1.31. The van der Waals surface area contributed by atoms with E-state index in [1.165, 1.54) is 0 Å². The Balaban J connectivity index is 1.77. The van der Waals surface area contributed by atoms with E-state index < -0.39 is 12.0 Å². The molecule has 2 aromatic rings. The predicted octanol–water partition coefficient (Wildman–Crippen LogP) is 3.22. The Morgan fingerprint density at radius 3 is 2.58 bits per heavy atom. The molecule has 0 bridgehead atoms. The van der Waals surface area contributed by atoms with Gasteiger partial charge in [-0.15, -0.1) is 0 Å². The van der Waals surface area contributed by atoms with E-state index in [0.29, 0.717) is 40.9 Å². The van der Waals surface area contributed by atoms with Crippen LogP contribution in [0.4, 0.5) is 0 Å². The third-order valence-electron chi connectivity index (χ3n) is 4.72. The number of methoxy groups -OCH3 is 2. The van der Waals surface area contributed by atoms with Gasteiger partial charge < -0.3 is 23.7 Å². The monoisotopic (exact) mass is 356 g/mol. The fourth-order valence-corrected chi connectivity index (χ4v) is 3.52. The molecule has 26 heavy (non-hydrogen) atoms. The van der Waals surface area contributed by atoms with Crippen molar-refractivity contribution in [1.82, 2.24) is 0 Å². The van der Waals surface area contributed by atoms with Gasteiger partial charge in [0, 0.05) is 17.7 Å². The number of hydrogen-bond donors (Lipinski definition) is 0. The number of ether oxygens (including phenoxy) is 5. The molecule has 0 fully saturated rings. The number of fused-ring (bicyclic) bond motifs is 4. The summed E-state index contributed by atoms with van der Waals surface area (Å²) in [7, 11) is 3.13. The summed E-state index contributed by atoms with van der Waals surface area (Å²) in [5.74, 6) is 2.53. The van der Waals surface area contributed by atoms with Crippen LogP contribution in [-0.2, 0) is 0 Å². The Bertz CT molecular complexity index is 860. The molecule has 2 atom stereocenters. The van der Waals surface area contributed by atoms with E-state index in [9.17, 15) is 4.79 Å². The highest BCUT2D eigenvalue weighted by molar-refractivity contribution is 6.05. The molecule has 0 aromatic heterocycles. The van der Waals surface area contributed by atoms with Crippen LogP contribution in [0.2, 0.25) is 0 Å². The SMILES string of the molecule is CCOc1ccc2c(c1)O[C@@H]1COc3cc(OC)c(OC)cc3[C@@H]1C2=O. The third-order valence-corrected chi connectivity index (χ3v) is 4.72. The van der Waals surface area contributed by atoms with E-state index in [1.807, 2.05) is 6.92 Å². The van der Waals surface area contributed by atoms with Gasteiger partial charge in [0.15, 0.2) is 17.3 Å². The Morgan fingerprint density at radius 1 is 1.08 bits per heavy atom. The van der Waals surface area contributed by atoms with E-state index in [0.717, 1.165) is 5.56 Å². The first-order valence-corrected chi connectivity index (χ1v) is 8.52. The van der Waals surface area contributed by atoms with Gasteiger partial charge in [0.2, 0.25) is 0 Å². The zero-order chi connectivity index (χ0) is 18.3. The number of carbonyl (C=O) groups excluding carboxylic acids is 1. The first-order valence-electron chi connectivity index (χ1n) is 8.52. The summed E-state index contributed by atoms with van der Waals surface area (Å²) in [4.78, 5) is 13.2. The third kappa shape index (κ3) is 2.53. The van der Waals surface area contributed by atoms with Crippen molar-refractivity contribution < 1.29 is 28.5 Å². The lowest BCUT2D eigenvalue weighted by Gasteiger charge is -2.37. The van der Waals surface area contributed by atoms with Crippen molar-refractivity contribution in [3.63, 3.8) is 0 Å². The molecule has 2 aliphatic rings. The molecular weight excluding hydrogens is 336 g/mol. The van der Waals surface area contributed by atoms with Crippen LogP contribution in [0.3, 0.4) is 0 Å². The second-order valence-electron chi connectivity index (χ2n) is 6.15. The van der Waals surface area contributed by atoms with Crippen molar-refractivity contribution >= 4 is 5.78 Å². The maximum absolute atomic E-state index is 13.2. The van der Waals surface area contributed by atoms with Crippen molar-refractivity contribution in [3.05, 3.63) is 41.5 Å². The summed E-state index contributed by atoms with van der Waals surface area (Å²) in [6.45, 7) is 2.75. The first-order chi connectivity index (χ1) is 12.7. The molecule has 0 spiro atoms. The van der Waals surface area contributed by atoms with Crippen LogP contribution in [0.15, 0.2) is 30.3 Å². The molecule has 2 heterocycles. The normalized spacial score (nSPS) is 20.0. The van der Waals surface area contributed by atoms with Gasteiger partial charge in [-0.3, -0.25) is 4.79 Å². The Hall–Kier alpha value is -2.89. The average molecular weight is 356 g/mol. The maximum Gasteiger partial charge on any atom is 0.178 e. The van der Waals surface area contributed by atoms with Crippen molar-refractivity contribution in [2.45, 2.75) is 18.9 Å². The fourth-order valence-electron chi connectivity index (χ4n) is 3.52. The van der Waals surface area contributed by atoms with Crippen LogP contribution < -0.4 is 23.7 Å². The highest BCUT2D eigenvalue weighted by Gasteiger charge is 2.43. The molecule has 0 saturated carbocycles. The van der Waals surface area contributed by atoms with Gasteiger partial charge in [-0.25, -0.2) is 0 Å². The molecule has 0 aliphatic carbocycles. The fraction of sp³-hybridized carbons (Fsp3) is 0.350. The number of carbonyl (C=O) groups is 1.